The van der Waals surface area contributed by atoms with E-state index < -0.39 is 6.10 Å². The highest BCUT2D eigenvalue weighted by atomic mass is 79.9. The Morgan fingerprint density at radius 1 is 1.56 bits per heavy atom. The molecule has 0 aromatic carbocycles. The molecule has 1 atom stereocenters. The van der Waals surface area contributed by atoms with Crippen molar-refractivity contribution >= 4 is 27.3 Å². The minimum Gasteiger partial charge on any atom is -0.387 e. The molecule has 2 aromatic rings. The molecule has 1 saturated carbocycles. The van der Waals surface area contributed by atoms with Gasteiger partial charge in [-0.15, -0.1) is 0 Å². The van der Waals surface area contributed by atoms with Gasteiger partial charge in [-0.05, 0) is 40.8 Å². The van der Waals surface area contributed by atoms with E-state index in [0.29, 0.717) is 11.7 Å². The van der Waals surface area contributed by atoms with Crippen LogP contribution in [0.3, 0.4) is 0 Å². The molecule has 1 aliphatic carbocycles. The molecular formula is C10H11BrN4O. The first kappa shape index (κ1) is 10.0. The molecular weight excluding hydrogens is 272 g/mol. The summed E-state index contributed by atoms with van der Waals surface area (Å²) in [6.07, 6.45) is 3.09. The van der Waals surface area contributed by atoms with Crippen LogP contribution in [-0.2, 0) is 0 Å². The van der Waals surface area contributed by atoms with Crippen LogP contribution in [-0.4, -0.2) is 19.7 Å². The zero-order chi connectivity index (χ0) is 11.3. The van der Waals surface area contributed by atoms with Crippen molar-refractivity contribution < 1.29 is 5.11 Å². The van der Waals surface area contributed by atoms with Crippen molar-refractivity contribution in [3.63, 3.8) is 0 Å². The maximum absolute atomic E-state index is 10.1. The van der Waals surface area contributed by atoms with Gasteiger partial charge in [-0.3, -0.25) is 0 Å². The summed E-state index contributed by atoms with van der Waals surface area (Å²) in [6.45, 7) is 0. The molecule has 0 saturated heterocycles. The number of aliphatic hydroxyl groups is 1. The predicted octanol–water partition coefficient (Wildman–Crippen LogP) is 1.52. The highest BCUT2D eigenvalue weighted by Gasteiger charge is 2.33. The lowest BCUT2D eigenvalue weighted by Crippen LogP contribution is -2.07. The Morgan fingerprint density at radius 3 is 3.00 bits per heavy atom. The summed E-state index contributed by atoms with van der Waals surface area (Å²) in [5, 5.41) is 14.2. The van der Waals surface area contributed by atoms with E-state index in [2.05, 4.69) is 26.0 Å². The number of aromatic nitrogens is 3. The number of nitrogen functional groups attached to an aromatic ring is 1. The predicted molar refractivity (Wildman–Crippen MR) is 62.8 cm³/mol. The number of rotatable bonds is 2. The Balaban J connectivity index is 2.21. The number of hydrogen-bond acceptors (Lipinski definition) is 4. The third-order valence-electron chi connectivity index (χ3n) is 2.94. The van der Waals surface area contributed by atoms with Crippen LogP contribution in [0.5, 0.6) is 0 Å². The van der Waals surface area contributed by atoms with Crippen molar-refractivity contribution in [1.82, 2.24) is 14.6 Å². The van der Waals surface area contributed by atoms with Crippen LogP contribution in [0, 0.1) is 5.92 Å². The van der Waals surface area contributed by atoms with Gasteiger partial charge < -0.3 is 10.8 Å². The number of halogens is 1. The van der Waals surface area contributed by atoms with E-state index in [1.807, 2.05) is 6.07 Å². The van der Waals surface area contributed by atoms with Gasteiger partial charge in [0.1, 0.15) is 11.8 Å². The molecule has 3 rings (SSSR count). The van der Waals surface area contributed by atoms with Gasteiger partial charge >= 0.3 is 0 Å². The second-order valence-electron chi connectivity index (χ2n) is 4.11. The number of anilines is 1. The fourth-order valence-corrected chi connectivity index (χ4v) is 2.52. The highest BCUT2D eigenvalue weighted by Crippen LogP contribution is 2.42. The first-order chi connectivity index (χ1) is 7.68. The van der Waals surface area contributed by atoms with Gasteiger partial charge in [0.2, 0.25) is 0 Å². The quantitative estimate of drug-likeness (QED) is 0.876. The molecule has 2 aromatic heterocycles. The third kappa shape index (κ3) is 1.41. The third-order valence-corrected chi connectivity index (χ3v) is 3.54. The van der Waals surface area contributed by atoms with Crippen LogP contribution in [0.4, 0.5) is 5.82 Å². The summed E-state index contributed by atoms with van der Waals surface area (Å²) in [5.74, 6) is 0.775. The standard InChI is InChI=1S/C10H11BrN4O/c11-6-3-7(9(16)5-1-2-5)15-8(6)10(12)13-4-14-15/h3-5,9,16H,1-2H2,(H2,12,13,14). The topological polar surface area (TPSA) is 76.4 Å². The van der Waals surface area contributed by atoms with E-state index in [1.54, 1.807) is 4.52 Å². The average Bonchev–Trinajstić information content (AvgIpc) is 3.04. The smallest absolute Gasteiger partial charge is 0.152 e. The Morgan fingerprint density at radius 2 is 2.31 bits per heavy atom. The van der Waals surface area contributed by atoms with Crippen LogP contribution in [0.25, 0.3) is 5.52 Å². The maximum atomic E-state index is 10.1. The molecule has 0 spiro atoms. The van der Waals surface area contributed by atoms with Crippen LogP contribution < -0.4 is 5.73 Å². The Kier molecular flexibility index (Phi) is 2.15. The van der Waals surface area contributed by atoms with E-state index in [4.69, 9.17) is 5.73 Å². The van der Waals surface area contributed by atoms with Crippen molar-refractivity contribution in [2.75, 3.05) is 5.73 Å². The van der Waals surface area contributed by atoms with Crippen LogP contribution in [0.2, 0.25) is 0 Å². The zero-order valence-corrected chi connectivity index (χ0v) is 10.1. The number of nitrogens with zero attached hydrogens (tertiary/aromatic N) is 3. The van der Waals surface area contributed by atoms with Gasteiger partial charge in [0.25, 0.3) is 0 Å². The molecule has 0 bridgehead atoms. The molecule has 6 heteroatoms. The second kappa shape index (κ2) is 3.43. The lowest BCUT2D eigenvalue weighted by atomic mass is 10.2. The summed E-state index contributed by atoms with van der Waals surface area (Å²) in [7, 11) is 0. The number of hydrogen-bond donors (Lipinski definition) is 2. The lowest BCUT2D eigenvalue weighted by molar-refractivity contribution is 0.147. The van der Waals surface area contributed by atoms with Gasteiger partial charge in [-0.25, -0.2) is 9.50 Å². The maximum Gasteiger partial charge on any atom is 0.152 e. The summed E-state index contributed by atoms with van der Waals surface area (Å²) in [4.78, 5) is 3.94. The number of nitrogens with two attached hydrogens (primary N) is 1. The van der Waals surface area contributed by atoms with E-state index in [1.165, 1.54) is 6.33 Å². The summed E-state index contributed by atoms with van der Waals surface area (Å²) in [5.41, 5.74) is 7.27. The van der Waals surface area contributed by atoms with Crippen LogP contribution >= 0.6 is 15.9 Å². The van der Waals surface area contributed by atoms with Crippen molar-refractivity contribution in [3.05, 3.63) is 22.6 Å². The average molecular weight is 283 g/mol. The van der Waals surface area contributed by atoms with Gasteiger partial charge in [0, 0.05) is 4.47 Å². The van der Waals surface area contributed by atoms with Gasteiger partial charge in [-0.1, -0.05) is 0 Å². The molecule has 0 aliphatic heterocycles. The van der Waals surface area contributed by atoms with Crippen molar-refractivity contribution in [1.29, 1.82) is 0 Å². The molecule has 0 radical (unpaired) electrons. The Bertz CT molecular complexity index is 549. The van der Waals surface area contributed by atoms with E-state index in [0.717, 1.165) is 28.5 Å². The fraction of sp³-hybridized carbons (Fsp3) is 0.400. The first-order valence-electron chi connectivity index (χ1n) is 5.14. The monoisotopic (exact) mass is 282 g/mol. The van der Waals surface area contributed by atoms with Crippen molar-refractivity contribution in [2.45, 2.75) is 18.9 Å². The van der Waals surface area contributed by atoms with Crippen LogP contribution in [0.15, 0.2) is 16.9 Å². The van der Waals surface area contributed by atoms with Crippen molar-refractivity contribution in [3.8, 4) is 0 Å². The highest BCUT2D eigenvalue weighted by molar-refractivity contribution is 9.10. The normalized spacial score (nSPS) is 17.9. The van der Waals surface area contributed by atoms with Crippen molar-refractivity contribution in [2.24, 2.45) is 5.92 Å². The van der Waals surface area contributed by atoms with Gasteiger partial charge in [0.15, 0.2) is 5.82 Å². The van der Waals surface area contributed by atoms with Gasteiger partial charge in [0.05, 0.1) is 11.8 Å². The fourth-order valence-electron chi connectivity index (χ4n) is 1.91. The second-order valence-corrected chi connectivity index (χ2v) is 4.96. The lowest BCUT2D eigenvalue weighted by Gasteiger charge is -2.08. The molecule has 1 unspecified atom stereocenters. The largest absolute Gasteiger partial charge is 0.387 e. The minimum absolute atomic E-state index is 0.362. The Hall–Kier alpha value is -1.14. The SMILES string of the molecule is Nc1ncnn2c(C(O)C3CC3)cc(Br)c12. The first-order valence-corrected chi connectivity index (χ1v) is 5.93. The van der Waals surface area contributed by atoms with Crippen LogP contribution in [0.1, 0.15) is 24.6 Å². The molecule has 3 N–H and O–H groups in total. The summed E-state index contributed by atoms with van der Waals surface area (Å²) >= 11 is 3.41. The Labute approximate surface area is 100 Å². The molecule has 1 fully saturated rings. The van der Waals surface area contributed by atoms with E-state index in [-0.39, 0.29) is 0 Å². The molecule has 16 heavy (non-hydrogen) atoms. The molecule has 0 amide bonds. The molecule has 2 heterocycles. The summed E-state index contributed by atoms with van der Waals surface area (Å²) < 4.78 is 2.48. The molecule has 84 valence electrons. The minimum atomic E-state index is -0.465. The van der Waals surface area contributed by atoms with E-state index in [9.17, 15) is 5.11 Å². The number of fused-ring (bicyclic) bond motifs is 1. The number of aliphatic hydroxyl groups excluding tert-OH is 1. The summed E-state index contributed by atoms with van der Waals surface area (Å²) in [6, 6.07) is 1.86. The van der Waals surface area contributed by atoms with E-state index >= 15 is 0 Å². The van der Waals surface area contributed by atoms with Gasteiger partial charge in [-0.2, -0.15) is 5.10 Å². The molecule has 5 nitrogen and oxygen atoms in total. The zero-order valence-electron chi connectivity index (χ0n) is 8.47. The molecule has 1 aliphatic rings.